The molecule has 0 saturated heterocycles. The van der Waals surface area contributed by atoms with Gasteiger partial charge in [0.2, 0.25) is 0 Å². The van der Waals surface area contributed by atoms with E-state index in [-0.39, 0.29) is 23.3 Å². The summed E-state index contributed by atoms with van der Waals surface area (Å²) >= 11 is 15.4. The Morgan fingerprint density at radius 3 is 2.59 bits per heavy atom. The zero-order valence-electron chi connectivity index (χ0n) is 13.4. The summed E-state index contributed by atoms with van der Waals surface area (Å²) in [5.41, 5.74) is -2.29. The van der Waals surface area contributed by atoms with Crippen LogP contribution in [0.25, 0.3) is 5.65 Å². The Morgan fingerprint density at radius 1 is 1.33 bits per heavy atom. The molecule has 0 fully saturated rings. The highest BCUT2D eigenvalue weighted by atomic mass is 79.9. The molecular formula is C16H8BrCl2F3N4O. The zero-order valence-corrected chi connectivity index (χ0v) is 16.5. The number of aromatic nitrogens is 3. The minimum atomic E-state index is -4.83. The molecule has 3 rings (SSSR count). The van der Waals surface area contributed by atoms with Gasteiger partial charge >= 0.3 is 6.18 Å². The van der Waals surface area contributed by atoms with Crippen molar-refractivity contribution in [1.29, 1.82) is 5.26 Å². The summed E-state index contributed by atoms with van der Waals surface area (Å²) in [6.07, 6.45) is -4.80. The molecule has 1 N–H and O–H groups in total. The van der Waals surface area contributed by atoms with Gasteiger partial charge in [0.1, 0.15) is 11.6 Å². The van der Waals surface area contributed by atoms with Crippen LogP contribution >= 0.6 is 39.1 Å². The van der Waals surface area contributed by atoms with Gasteiger partial charge in [-0.25, -0.2) is 4.98 Å². The molecule has 0 amide bonds. The summed E-state index contributed by atoms with van der Waals surface area (Å²) in [4.78, 5) is 16.8. The predicted molar refractivity (Wildman–Crippen MR) is 97.2 cm³/mol. The Bertz CT molecular complexity index is 1180. The first-order chi connectivity index (χ1) is 12.5. The summed E-state index contributed by atoms with van der Waals surface area (Å²) in [7, 11) is 0. The number of hydrogen-bond acceptors (Lipinski definition) is 3. The minimum Gasteiger partial charge on any atom is -0.284 e. The number of H-pyrrole nitrogens is 1. The molecule has 2 aromatic heterocycles. The van der Waals surface area contributed by atoms with Crippen molar-refractivity contribution >= 4 is 44.8 Å². The van der Waals surface area contributed by atoms with Gasteiger partial charge in [-0.15, -0.1) is 0 Å². The number of nitrogens with zero attached hydrogens (tertiary/aromatic N) is 3. The molecular weight excluding hydrogens is 472 g/mol. The van der Waals surface area contributed by atoms with Gasteiger partial charge in [0.05, 0.1) is 5.02 Å². The molecule has 0 radical (unpaired) electrons. The standard InChI is InChI=1S/C16H8BrCl2F3N4O/c1-6-8(2-7-3-10(17)12(19)4-11(7)18)15(27)26-14(24-6)9(5-23)13(25-26)16(20,21)22/h3-4,25H,2H2,1H3. The van der Waals surface area contributed by atoms with E-state index in [1.54, 1.807) is 6.07 Å². The average Bonchev–Trinajstić information content (AvgIpc) is 2.94. The SMILES string of the molecule is Cc1nc2c(C#N)c(C(F)(F)F)[nH]n2c(=O)c1Cc1cc(Br)c(Cl)cc1Cl. The van der Waals surface area contributed by atoms with Crippen LogP contribution in [0.1, 0.15) is 28.1 Å². The second-order valence-corrected chi connectivity index (χ2v) is 7.31. The average molecular weight is 480 g/mol. The highest BCUT2D eigenvalue weighted by Gasteiger charge is 2.38. The molecule has 2 heterocycles. The van der Waals surface area contributed by atoms with Crippen LogP contribution in [0.5, 0.6) is 0 Å². The molecule has 0 spiro atoms. The lowest BCUT2D eigenvalue weighted by atomic mass is 10.0. The third kappa shape index (κ3) is 3.45. The molecule has 27 heavy (non-hydrogen) atoms. The van der Waals surface area contributed by atoms with Crippen LogP contribution < -0.4 is 5.56 Å². The number of fused-ring (bicyclic) bond motifs is 1. The van der Waals surface area contributed by atoms with Gasteiger partial charge < -0.3 is 0 Å². The smallest absolute Gasteiger partial charge is 0.284 e. The van der Waals surface area contributed by atoms with Gasteiger partial charge in [-0.1, -0.05) is 23.2 Å². The Balaban J connectivity index is 2.23. The summed E-state index contributed by atoms with van der Waals surface area (Å²) in [5, 5.41) is 11.7. The van der Waals surface area contributed by atoms with Crippen LogP contribution in [0.15, 0.2) is 21.4 Å². The van der Waals surface area contributed by atoms with Crippen molar-refractivity contribution in [3.63, 3.8) is 0 Å². The lowest BCUT2D eigenvalue weighted by Crippen LogP contribution is -2.22. The minimum absolute atomic E-state index is 0.0253. The maximum Gasteiger partial charge on any atom is 0.434 e. The number of rotatable bonds is 2. The summed E-state index contributed by atoms with van der Waals surface area (Å²) in [5.74, 6) is 0. The van der Waals surface area contributed by atoms with E-state index in [0.29, 0.717) is 24.6 Å². The third-order valence-corrected chi connectivity index (χ3v) is 5.48. The van der Waals surface area contributed by atoms with Crippen molar-refractivity contribution in [1.82, 2.24) is 14.6 Å². The molecule has 140 valence electrons. The maximum atomic E-state index is 13.1. The molecule has 0 atom stereocenters. The molecule has 1 aromatic carbocycles. The van der Waals surface area contributed by atoms with Crippen molar-refractivity contribution in [2.75, 3.05) is 0 Å². The van der Waals surface area contributed by atoms with Crippen LogP contribution in [0.4, 0.5) is 13.2 Å². The van der Waals surface area contributed by atoms with Crippen LogP contribution in [-0.2, 0) is 12.6 Å². The van der Waals surface area contributed by atoms with E-state index in [0.717, 1.165) is 0 Å². The summed E-state index contributed by atoms with van der Waals surface area (Å²) in [6.45, 7) is 1.48. The van der Waals surface area contributed by atoms with E-state index < -0.39 is 23.0 Å². The summed E-state index contributed by atoms with van der Waals surface area (Å²) in [6, 6.07) is 4.57. The van der Waals surface area contributed by atoms with E-state index in [1.165, 1.54) is 19.1 Å². The van der Waals surface area contributed by atoms with Gasteiger partial charge in [-0.2, -0.15) is 22.9 Å². The molecule has 5 nitrogen and oxygen atoms in total. The highest BCUT2D eigenvalue weighted by Crippen LogP contribution is 2.33. The summed E-state index contributed by atoms with van der Waals surface area (Å²) < 4.78 is 40.6. The zero-order chi connectivity index (χ0) is 20.1. The number of hydrogen-bond donors (Lipinski definition) is 1. The Morgan fingerprint density at radius 2 is 2.00 bits per heavy atom. The van der Waals surface area contributed by atoms with Crippen molar-refractivity contribution in [2.45, 2.75) is 19.5 Å². The lowest BCUT2D eigenvalue weighted by molar-refractivity contribution is -0.141. The van der Waals surface area contributed by atoms with Crippen molar-refractivity contribution in [3.05, 3.63) is 65.1 Å². The van der Waals surface area contributed by atoms with Crippen molar-refractivity contribution < 1.29 is 13.2 Å². The van der Waals surface area contributed by atoms with Gasteiger partial charge in [-0.3, -0.25) is 9.89 Å². The number of aromatic amines is 1. The molecule has 0 aliphatic rings. The van der Waals surface area contributed by atoms with E-state index in [4.69, 9.17) is 28.5 Å². The van der Waals surface area contributed by atoms with Gasteiger partial charge in [-0.05, 0) is 40.5 Å². The number of aryl methyl sites for hydroxylation is 1. The molecule has 0 saturated carbocycles. The molecule has 11 heteroatoms. The van der Waals surface area contributed by atoms with E-state index in [9.17, 15) is 18.0 Å². The molecule has 3 aromatic rings. The Kier molecular flexibility index (Phi) is 5.01. The largest absolute Gasteiger partial charge is 0.434 e. The predicted octanol–water partition coefficient (Wildman–Crippen LogP) is 4.88. The second kappa shape index (κ2) is 6.86. The fraction of sp³-hybridized carbons (Fsp3) is 0.188. The van der Waals surface area contributed by atoms with Crippen LogP contribution in [-0.4, -0.2) is 14.6 Å². The highest BCUT2D eigenvalue weighted by molar-refractivity contribution is 9.10. The number of alkyl halides is 3. The second-order valence-electron chi connectivity index (χ2n) is 5.65. The van der Waals surface area contributed by atoms with E-state index in [2.05, 4.69) is 20.9 Å². The number of benzene rings is 1. The van der Waals surface area contributed by atoms with Gasteiger partial charge in [0, 0.05) is 27.2 Å². The van der Waals surface area contributed by atoms with Crippen LogP contribution in [0, 0.1) is 18.3 Å². The number of halogens is 6. The Labute approximate surface area is 168 Å². The normalized spacial score (nSPS) is 11.8. The lowest BCUT2D eigenvalue weighted by Gasteiger charge is -2.09. The quantitative estimate of drug-likeness (QED) is 0.532. The van der Waals surface area contributed by atoms with Crippen molar-refractivity contribution in [3.8, 4) is 6.07 Å². The monoisotopic (exact) mass is 478 g/mol. The number of nitrogens with one attached hydrogen (secondary N) is 1. The van der Waals surface area contributed by atoms with Crippen LogP contribution in [0.2, 0.25) is 10.0 Å². The van der Waals surface area contributed by atoms with Crippen LogP contribution in [0.3, 0.4) is 0 Å². The van der Waals surface area contributed by atoms with Gasteiger partial charge in [0.25, 0.3) is 5.56 Å². The fourth-order valence-electron chi connectivity index (χ4n) is 2.62. The number of nitriles is 1. The molecule has 0 aliphatic heterocycles. The molecule has 0 unspecified atom stereocenters. The molecule has 0 aliphatic carbocycles. The first-order valence-corrected chi connectivity index (χ1v) is 8.84. The first-order valence-electron chi connectivity index (χ1n) is 7.29. The maximum absolute atomic E-state index is 13.1. The van der Waals surface area contributed by atoms with E-state index in [1.807, 2.05) is 5.10 Å². The molecule has 0 bridgehead atoms. The fourth-order valence-corrected chi connectivity index (χ4v) is 3.46. The topological polar surface area (TPSA) is 73.9 Å². The third-order valence-electron chi connectivity index (χ3n) is 3.93. The Hall–Kier alpha value is -2.02. The first kappa shape index (κ1) is 19.7. The van der Waals surface area contributed by atoms with Crippen molar-refractivity contribution in [2.24, 2.45) is 0 Å². The van der Waals surface area contributed by atoms with Gasteiger partial charge in [0.15, 0.2) is 11.3 Å². The van der Waals surface area contributed by atoms with E-state index >= 15 is 0 Å².